The third-order valence-electron chi connectivity index (χ3n) is 3.90. The minimum absolute atomic E-state index is 0.153. The van der Waals surface area contributed by atoms with E-state index in [1.165, 1.54) is 17.4 Å². The van der Waals surface area contributed by atoms with Gasteiger partial charge in [-0.15, -0.1) is 11.6 Å². The maximum atomic E-state index is 11.4. The minimum Gasteiger partial charge on any atom is -0.229 e. The van der Waals surface area contributed by atoms with Crippen LogP contribution in [0.2, 0.25) is 0 Å². The van der Waals surface area contributed by atoms with Gasteiger partial charge in [0.25, 0.3) is 0 Å². The first-order valence-electron chi connectivity index (χ1n) is 6.29. The van der Waals surface area contributed by atoms with Crippen molar-refractivity contribution in [3.8, 4) is 0 Å². The second kappa shape index (κ2) is 5.22. The zero-order valence-corrected chi connectivity index (χ0v) is 12.2. The molecule has 2 nitrogen and oxygen atoms in total. The summed E-state index contributed by atoms with van der Waals surface area (Å²) >= 11 is 6.20. The van der Waals surface area contributed by atoms with E-state index in [9.17, 15) is 8.42 Å². The fourth-order valence-electron chi connectivity index (χ4n) is 2.85. The lowest BCUT2D eigenvalue weighted by Gasteiger charge is -2.37. The number of benzene rings is 1. The molecule has 1 unspecified atom stereocenters. The highest BCUT2D eigenvalue weighted by Crippen LogP contribution is 2.41. The normalized spacial score (nSPS) is 23.7. The van der Waals surface area contributed by atoms with Gasteiger partial charge >= 0.3 is 0 Å². The van der Waals surface area contributed by atoms with E-state index in [0.717, 1.165) is 19.3 Å². The molecule has 1 aromatic rings. The highest BCUT2D eigenvalue weighted by atomic mass is 35.5. The van der Waals surface area contributed by atoms with E-state index in [1.807, 2.05) is 12.1 Å². The van der Waals surface area contributed by atoms with Gasteiger partial charge < -0.3 is 0 Å². The van der Waals surface area contributed by atoms with Crippen molar-refractivity contribution >= 4 is 21.4 Å². The first kappa shape index (κ1) is 13.9. The van der Waals surface area contributed by atoms with Crippen LogP contribution in [-0.2, 0) is 21.7 Å². The van der Waals surface area contributed by atoms with Crippen molar-refractivity contribution in [1.29, 1.82) is 0 Å². The molecule has 0 radical (unpaired) electrons. The van der Waals surface area contributed by atoms with E-state index in [1.54, 1.807) is 0 Å². The van der Waals surface area contributed by atoms with Crippen molar-refractivity contribution in [2.75, 3.05) is 17.9 Å². The third kappa shape index (κ3) is 2.89. The molecule has 0 N–H and O–H groups in total. The van der Waals surface area contributed by atoms with Crippen molar-refractivity contribution in [3.63, 3.8) is 0 Å². The molecule has 0 heterocycles. The Kier molecular flexibility index (Phi) is 4.02. The number of sulfone groups is 1. The average molecular weight is 287 g/mol. The molecule has 0 amide bonds. The number of hydrogen-bond donors (Lipinski definition) is 0. The SMILES string of the molecule is CS(=O)(=O)CCC1(CCl)CCCc2ccccc21. The number of alkyl halides is 1. The van der Waals surface area contributed by atoms with Crippen LogP contribution in [0.1, 0.15) is 30.4 Å². The maximum absolute atomic E-state index is 11.4. The molecule has 0 fully saturated rings. The summed E-state index contributed by atoms with van der Waals surface area (Å²) in [7, 11) is -2.93. The quantitative estimate of drug-likeness (QED) is 0.798. The van der Waals surface area contributed by atoms with Crippen LogP contribution in [0, 0.1) is 0 Å². The van der Waals surface area contributed by atoms with Crippen LogP contribution < -0.4 is 0 Å². The van der Waals surface area contributed by atoms with Crippen LogP contribution in [0.5, 0.6) is 0 Å². The zero-order chi connectivity index (χ0) is 13.2. The largest absolute Gasteiger partial charge is 0.229 e. The molecule has 1 aliphatic rings. The Morgan fingerprint density at radius 2 is 2.06 bits per heavy atom. The predicted octanol–water partition coefficient (Wildman–Crippen LogP) is 2.93. The molecule has 2 rings (SSSR count). The van der Waals surface area contributed by atoms with Crippen LogP contribution in [0.25, 0.3) is 0 Å². The van der Waals surface area contributed by atoms with Crippen LogP contribution in [-0.4, -0.2) is 26.3 Å². The van der Waals surface area contributed by atoms with Gasteiger partial charge in [0.15, 0.2) is 0 Å². The lowest BCUT2D eigenvalue weighted by atomic mass is 9.69. The van der Waals surface area contributed by atoms with Crippen LogP contribution >= 0.6 is 11.6 Å². The van der Waals surface area contributed by atoms with E-state index in [2.05, 4.69) is 12.1 Å². The lowest BCUT2D eigenvalue weighted by Crippen LogP contribution is -2.34. The maximum Gasteiger partial charge on any atom is 0.147 e. The summed E-state index contributed by atoms with van der Waals surface area (Å²) in [4.78, 5) is 0. The Hall–Kier alpha value is -0.540. The van der Waals surface area contributed by atoms with Gasteiger partial charge in [-0.2, -0.15) is 0 Å². The van der Waals surface area contributed by atoms with Gasteiger partial charge in [-0.05, 0) is 36.8 Å². The average Bonchev–Trinajstić information content (AvgIpc) is 2.35. The number of fused-ring (bicyclic) bond motifs is 1. The molecule has 0 aliphatic heterocycles. The van der Waals surface area contributed by atoms with Crippen molar-refractivity contribution < 1.29 is 8.42 Å². The summed E-state index contributed by atoms with van der Waals surface area (Å²) in [6, 6.07) is 8.31. The van der Waals surface area contributed by atoms with Gasteiger partial charge in [0.1, 0.15) is 9.84 Å². The monoisotopic (exact) mass is 286 g/mol. The summed E-state index contributed by atoms with van der Waals surface area (Å²) in [6.45, 7) is 0. The van der Waals surface area contributed by atoms with Crippen molar-refractivity contribution in [3.05, 3.63) is 35.4 Å². The molecule has 1 atom stereocenters. The molecule has 0 bridgehead atoms. The summed E-state index contributed by atoms with van der Waals surface area (Å²) in [6.07, 6.45) is 5.08. The lowest BCUT2D eigenvalue weighted by molar-refractivity contribution is 0.386. The smallest absolute Gasteiger partial charge is 0.147 e. The fourth-order valence-corrected chi connectivity index (χ4v) is 4.03. The fraction of sp³-hybridized carbons (Fsp3) is 0.571. The Morgan fingerprint density at radius 3 is 2.72 bits per heavy atom. The Balaban J connectivity index is 2.33. The van der Waals surface area contributed by atoms with Gasteiger partial charge in [-0.3, -0.25) is 0 Å². The third-order valence-corrected chi connectivity index (χ3v) is 5.35. The van der Waals surface area contributed by atoms with Gasteiger partial charge in [-0.25, -0.2) is 8.42 Å². The molecule has 0 aromatic heterocycles. The number of hydrogen-bond acceptors (Lipinski definition) is 2. The Labute approximate surface area is 114 Å². The van der Waals surface area contributed by atoms with Gasteiger partial charge in [0.05, 0.1) is 5.75 Å². The predicted molar refractivity (Wildman–Crippen MR) is 76.1 cm³/mol. The van der Waals surface area contributed by atoms with E-state index in [0.29, 0.717) is 12.3 Å². The number of rotatable bonds is 4. The standard InChI is InChI=1S/C14H19ClO2S/c1-18(16,17)10-9-14(11-15)8-4-6-12-5-2-3-7-13(12)14/h2-3,5,7H,4,6,8-11H2,1H3. The number of halogens is 1. The second-order valence-electron chi connectivity index (χ2n) is 5.30. The highest BCUT2D eigenvalue weighted by Gasteiger charge is 2.36. The highest BCUT2D eigenvalue weighted by molar-refractivity contribution is 7.90. The van der Waals surface area contributed by atoms with Crippen LogP contribution in [0.4, 0.5) is 0 Å². The number of aryl methyl sites for hydroxylation is 1. The van der Waals surface area contributed by atoms with E-state index in [4.69, 9.17) is 11.6 Å². The van der Waals surface area contributed by atoms with Gasteiger partial charge in [0.2, 0.25) is 0 Å². The van der Waals surface area contributed by atoms with E-state index in [-0.39, 0.29) is 11.2 Å². The Morgan fingerprint density at radius 1 is 1.33 bits per heavy atom. The van der Waals surface area contributed by atoms with E-state index < -0.39 is 9.84 Å². The van der Waals surface area contributed by atoms with Crippen molar-refractivity contribution in [2.45, 2.75) is 31.1 Å². The van der Waals surface area contributed by atoms with Gasteiger partial charge in [0, 0.05) is 17.6 Å². The molecular weight excluding hydrogens is 268 g/mol. The molecule has 0 saturated heterocycles. The minimum atomic E-state index is -2.93. The summed E-state index contributed by atoms with van der Waals surface area (Å²) in [5.41, 5.74) is 2.44. The molecule has 18 heavy (non-hydrogen) atoms. The van der Waals surface area contributed by atoms with Crippen molar-refractivity contribution in [2.24, 2.45) is 0 Å². The summed E-state index contributed by atoms with van der Waals surface area (Å²) in [5, 5.41) is 0. The Bertz CT molecular complexity index is 524. The zero-order valence-electron chi connectivity index (χ0n) is 10.7. The van der Waals surface area contributed by atoms with Gasteiger partial charge in [-0.1, -0.05) is 24.3 Å². The second-order valence-corrected chi connectivity index (χ2v) is 7.83. The summed E-state index contributed by atoms with van der Waals surface area (Å²) < 4.78 is 22.8. The summed E-state index contributed by atoms with van der Waals surface area (Å²) in [5.74, 6) is 0.716. The first-order chi connectivity index (χ1) is 8.47. The van der Waals surface area contributed by atoms with Crippen LogP contribution in [0.3, 0.4) is 0 Å². The van der Waals surface area contributed by atoms with E-state index >= 15 is 0 Å². The molecule has 1 aromatic carbocycles. The molecule has 0 saturated carbocycles. The van der Waals surface area contributed by atoms with Crippen LogP contribution in [0.15, 0.2) is 24.3 Å². The molecule has 1 aliphatic carbocycles. The molecule has 100 valence electrons. The van der Waals surface area contributed by atoms with Crippen molar-refractivity contribution in [1.82, 2.24) is 0 Å². The molecule has 4 heteroatoms. The topological polar surface area (TPSA) is 34.1 Å². The molecular formula is C14H19ClO2S. The first-order valence-corrected chi connectivity index (χ1v) is 8.88. The molecule has 0 spiro atoms.